The van der Waals surface area contributed by atoms with Crippen molar-refractivity contribution in [2.45, 2.75) is 66.4 Å². The lowest BCUT2D eigenvalue weighted by Crippen LogP contribution is -2.19. The van der Waals surface area contributed by atoms with Crippen LogP contribution < -0.4 is 0 Å². The zero-order chi connectivity index (χ0) is 11.9. The van der Waals surface area contributed by atoms with Gasteiger partial charge in [0, 0.05) is 6.61 Å². The van der Waals surface area contributed by atoms with Crippen molar-refractivity contribution in [3.05, 3.63) is 12.2 Å². The predicted molar refractivity (Wildman–Crippen MR) is 68.2 cm³/mol. The van der Waals surface area contributed by atoms with Crippen molar-refractivity contribution in [1.29, 1.82) is 0 Å². The topological polar surface area (TPSA) is 9.23 Å². The van der Waals surface area contributed by atoms with E-state index in [2.05, 4.69) is 53.7 Å². The molecule has 0 saturated heterocycles. The monoisotopic (exact) mass is 212 g/mol. The Kier molecular flexibility index (Phi) is 6.19. The van der Waals surface area contributed by atoms with Gasteiger partial charge in [0.25, 0.3) is 0 Å². The lowest BCUT2D eigenvalue weighted by molar-refractivity contribution is -0.00447. The highest BCUT2D eigenvalue weighted by Crippen LogP contribution is 2.15. The Hall–Kier alpha value is -0.300. The van der Waals surface area contributed by atoms with Gasteiger partial charge in [0.1, 0.15) is 0 Å². The van der Waals surface area contributed by atoms with E-state index in [0.717, 1.165) is 13.0 Å². The Bertz CT molecular complexity index is 178. The summed E-state index contributed by atoms with van der Waals surface area (Å²) < 4.78 is 5.65. The molecule has 0 aromatic heterocycles. The predicted octanol–water partition coefficient (Wildman–Crippen LogP) is 4.57. The van der Waals surface area contributed by atoms with Gasteiger partial charge >= 0.3 is 0 Å². The smallest absolute Gasteiger partial charge is 0.0598 e. The molecular formula is C14H28O. The van der Waals surface area contributed by atoms with Gasteiger partial charge in [-0.1, -0.05) is 32.9 Å². The van der Waals surface area contributed by atoms with Crippen LogP contribution in [0.1, 0.15) is 60.8 Å². The van der Waals surface area contributed by atoms with Crippen molar-refractivity contribution >= 4 is 0 Å². The lowest BCUT2D eigenvalue weighted by Gasteiger charge is -2.19. The molecule has 15 heavy (non-hydrogen) atoms. The Morgan fingerprint density at radius 1 is 0.933 bits per heavy atom. The number of rotatable bonds is 5. The summed E-state index contributed by atoms with van der Waals surface area (Å²) in [7, 11) is 0. The Morgan fingerprint density at radius 2 is 1.53 bits per heavy atom. The SMILES string of the molecule is CC(C)(C)/C=C/CCCCOC(C)(C)C. The molecule has 1 heteroatoms. The standard InChI is InChI=1S/C14H28O/c1-13(2,3)11-9-7-8-10-12-15-14(4,5)6/h9,11H,7-8,10,12H2,1-6H3/b11-9+. The minimum atomic E-state index is 0.0151. The van der Waals surface area contributed by atoms with Gasteiger partial charge in [0.2, 0.25) is 0 Å². The van der Waals surface area contributed by atoms with E-state index in [-0.39, 0.29) is 5.60 Å². The van der Waals surface area contributed by atoms with Gasteiger partial charge in [0.15, 0.2) is 0 Å². The van der Waals surface area contributed by atoms with E-state index in [1.165, 1.54) is 12.8 Å². The molecule has 0 bridgehead atoms. The summed E-state index contributed by atoms with van der Waals surface area (Å²) in [6.45, 7) is 13.9. The average Bonchev–Trinajstić information content (AvgIpc) is 1.98. The molecule has 0 aliphatic rings. The summed E-state index contributed by atoms with van der Waals surface area (Å²) in [6.07, 6.45) is 8.13. The highest BCUT2D eigenvalue weighted by molar-refractivity contribution is 4.91. The minimum absolute atomic E-state index is 0.0151. The van der Waals surface area contributed by atoms with Crippen LogP contribution in [0.3, 0.4) is 0 Å². The van der Waals surface area contributed by atoms with Crippen LogP contribution in [0.5, 0.6) is 0 Å². The van der Waals surface area contributed by atoms with E-state index in [1.807, 2.05) is 0 Å². The summed E-state index contributed by atoms with van der Waals surface area (Å²) in [4.78, 5) is 0. The van der Waals surface area contributed by atoms with Gasteiger partial charge in [-0.2, -0.15) is 0 Å². The van der Waals surface area contributed by atoms with Crippen molar-refractivity contribution in [1.82, 2.24) is 0 Å². The van der Waals surface area contributed by atoms with Crippen molar-refractivity contribution in [3.8, 4) is 0 Å². The molecule has 0 spiro atoms. The van der Waals surface area contributed by atoms with E-state index < -0.39 is 0 Å². The van der Waals surface area contributed by atoms with Crippen LogP contribution in [-0.2, 0) is 4.74 Å². The Labute approximate surface area is 95.9 Å². The van der Waals surface area contributed by atoms with Crippen LogP contribution in [-0.4, -0.2) is 12.2 Å². The van der Waals surface area contributed by atoms with Gasteiger partial charge in [-0.05, 0) is 45.4 Å². The molecule has 0 N–H and O–H groups in total. The second-order valence-corrected chi connectivity index (χ2v) is 6.23. The largest absolute Gasteiger partial charge is 0.376 e. The van der Waals surface area contributed by atoms with Crippen LogP contribution in [0.4, 0.5) is 0 Å². The van der Waals surface area contributed by atoms with Gasteiger partial charge in [0.05, 0.1) is 5.60 Å². The van der Waals surface area contributed by atoms with Crippen molar-refractivity contribution in [2.75, 3.05) is 6.61 Å². The van der Waals surface area contributed by atoms with Crippen LogP contribution in [0.25, 0.3) is 0 Å². The fraction of sp³-hybridized carbons (Fsp3) is 0.857. The minimum Gasteiger partial charge on any atom is -0.376 e. The molecule has 0 heterocycles. The Balaban J connectivity index is 3.37. The molecule has 0 aromatic carbocycles. The molecule has 90 valence electrons. The number of ether oxygens (including phenoxy) is 1. The number of unbranched alkanes of at least 4 members (excludes halogenated alkanes) is 2. The lowest BCUT2D eigenvalue weighted by atomic mass is 9.96. The third-order valence-electron chi connectivity index (χ3n) is 1.92. The molecule has 0 fully saturated rings. The van der Waals surface area contributed by atoms with Gasteiger partial charge in [-0.15, -0.1) is 0 Å². The number of hydrogen-bond acceptors (Lipinski definition) is 1. The van der Waals surface area contributed by atoms with Gasteiger partial charge in [-0.3, -0.25) is 0 Å². The quantitative estimate of drug-likeness (QED) is 0.479. The molecule has 0 amide bonds. The van der Waals surface area contributed by atoms with Gasteiger partial charge < -0.3 is 4.74 Å². The fourth-order valence-electron chi connectivity index (χ4n) is 1.18. The molecule has 0 rings (SSSR count). The molecular weight excluding hydrogens is 184 g/mol. The average molecular weight is 212 g/mol. The zero-order valence-corrected chi connectivity index (χ0v) is 11.4. The molecule has 0 aromatic rings. The second kappa shape index (κ2) is 6.32. The molecule has 0 aliphatic carbocycles. The van der Waals surface area contributed by atoms with E-state index in [1.54, 1.807) is 0 Å². The summed E-state index contributed by atoms with van der Waals surface area (Å²) in [5.41, 5.74) is 0.336. The van der Waals surface area contributed by atoms with E-state index in [4.69, 9.17) is 4.74 Å². The van der Waals surface area contributed by atoms with Crippen LogP contribution >= 0.6 is 0 Å². The maximum absolute atomic E-state index is 5.65. The van der Waals surface area contributed by atoms with Crippen molar-refractivity contribution in [3.63, 3.8) is 0 Å². The maximum atomic E-state index is 5.65. The zero-order valence-electron chi connectivity index (χ0n) is 11.4. The van der Waals surface area contributed by atoms with Crippen LogP contribution in [0, 0.1) is 5.41 Å². The summed E-state index contributed by atoms with van der Waals surface area (Å²) >= 11 is 0. The maximum Gasteiger partial charge on any atom is 0.0598 e. The summed E-state index contributed by atoms with van der Waals surface area (Å²) in [5.74, 6) is 0. The molecule has 0 atom stereocenters. The van der Waals surface area contributed by atoms with E-state index in [9.17, 15) is 0 Å². The number of hydrogen-bond donors (Lipinski definition) is 0. The Morgan fingerprint density at radius 3 is 2.00 bits per heavy atom. The molecule has 0 radical (unpaired) electrons. The first-order valence-corrected chi connectivity index (χ1v) is 6.02. The first-order chi connectivity index (χ1) is 6.71. The molecule has 0 aliphatic heterocycles. The van der Waals surface area contributed by atoms with E-state index in [0.29, 0.717) is 5.41 Å². The van der Waals surface area contributed by atoms with Crippen molar-refractivity contribution in [2.24, 2.45) is 5.41 Å². The molecule has 0 unspecified atom stereocenters. The third-order valence-corrected chi connectivity index (χ3v) is 1.92. The van der Waals surface area contributed by atoms with Crippen LogP contribution in [0.2, 0.25) is 0 Å². The summed E-state index contributed by atoms with van der Waals surface area (Å²) in [6, 6.07) is 0. The fourth-order valence-corrected chi connectivity index (χ4v) is 1.18. The first-order valence-electron chi connectivity index (χ1n) is 6.02. The van der Waals surface area contributed by atoms with Crippen LogP contribution in [0.15, 0.2) is 12.2 Å². The highest BCUT2D eigenvalue weighted by Gasteiger charge is 2.08. The highest BCUT2D eigenvalue weighted by atomic mass is 16.5. The number of allylic oxidation sites excluding steroid dienone is 2. The van der Waals surface area contributed by atoms with Gasteiger partial charge in [-0.25, -0.2) is 0 Å². The first kappa shape index (κ1) is 14.7. The molecule has 0 saturated carbocycles. The van der Waals surface area contributed by atoms with Crippen molar-refractivity contribution < 1.29 is 4.74 Å². The molecule has 1 nitrogen and oxygen atoms in total. The second-order valence-electron chi connectivity index (χ2n) is 6.23. The normalized spacial score (nSPS) is 13.7. The third kappa shape index (κ3) is 13.7. The summed E-state index contributed by atoms with van der Waals surface area (Å²) in [5, 5.41) is 0. The van der Waals surface area contributed by atoms with E-state index >= 15 is 0 Å².